The Morgan fingerprint density at radius 3 is 2.74 bits per heavy atom. The van der Waals surface area contributed by atoms with E-state index in [9.17, 15) is 9.18 Å². The molecule has 2 aromatic heterocycles. The summed E-state index contributed by atoms with van der Waals surface area (Å²) in [6.07, 6.45) is -0.508. The normalized spacial score (nSPS) is 12.3. The van der Waals surface area contributed by atoms with Gasteiger partial charge < -0.3 is 9.72 Å². The van der Waals surface area contributed by atoms with Gasteiger partial charge in [0.1, 0.15) is 16.4 Å². The molecule has 4 aromatic rings. The Kier molecular flexibility index (Phi) is 4.80. The van der Waals surface area contributed by atoms with E-state index in [0.29, 0.717) is 26.3 Å². The van der Waals surface area contributed by atoms with Crippen LogP contribution in [-0.4, -0.2) is 9.97 Å². The minimum Gasteiger partial charge on any atom is -0.482 e. The van der Waals surface area contributed by atoms with Crippen LogP contribution in [0.1, 0.15) is 18.9 Å². The number of halogens is 2. The van der Waals surface area contributed by atoms with Gasteiger partial charge in [0.2, 0.25) is 0 Å². The van der Waals surface area contributed by atoms with E-state index in [1.807, 2.05) is 35.7 Å². The standard InChI is InChI=1S/C20H14BrFN2O2S/c1-11(26-16-8-7-13(22)9-15(16)21)18-23-19(25)17-14(10-27-20(17)24-18)12-5-3-2-4-6-12/h2-11H,1H3,(H,23,24,25)/t11-/m0/s1. The molecule has 2 aromatic carbocycles. The maximum atomic E-state index is 13.2. The first-order valence-electron chi connectivity index (χ1n) is 8.21. The molecule has 0 aliphatic carbocycles. The molecule has 1 N–H and O–H groups in total. The lowest BCUT2D eigenvalue weighted by atomic mass is 10.1. The second-order valence-corrected chi connectivity index (χ2v) is 7.69. The molecule has 4 nitrogen and oxygen atoms in total. The maximum Gasteiger partial charge on any atom is 0.260 e. The third-order valence-corrected chi connectivity index (χ3v) is 5.62. The van der Waals surface area contributed by atoms with Crippen LogP contribution < -0.4 is 10.3 Å². The zero-order valence-electron chi connectivity index (χ0n) is 14.2. The molecule has 0 radical (unpaired) electrons. The molecule has 7 heteroatoms. The third-order valence-electron chi connectivity index (χ3n) is 4.13. The summed E-state index contributed by atoms with van der Waals surface area (Å²) >= 11 is 4.70. The van der Waals surface area contributed by atoms with Gasteiger partial charge in [0.15, 0.2) is 11.9 Å². The quantitative estimate of drug-likeness (QED) is 0.439. The van der Waals surface area contributed by atoms with Crippen LogP contribution in [0.25, 0.3) is 21.3 Å². The van der Waals surface area contributed by atoms with Crippen molar-refractivity contribution in [3.05, 3.63) is 80.4 Å². The van der Waals surface area contributed by atoms with Crippen molar-refractivity contribution in [2.24, 2.45) is 0 Å². The van der Waals surface area contributed by atoms with E-state index >= 15 is 0 Å². The highest BCUT2D eigenvalue weighted by atomic mass is 79.9. The molecular weight excluding hydrogens is 431 g/mol. The molecule has 27 heavy (non-hydrogen) atoms. The van der Waals surface area contributed by atoms with Crippen molar-refractivity contribution in [1.82, 2.24) is 9.97 Å². The Bertz CT molecular complexity index is 1170. The second-order valence-electron chi connectivity index (χ2n) is 5.98. The summed E-state index contributed by atoms with van der Waals surface area (Å²) in [5.74, 6) is 0.537. The lowest BCUT2D eigenvalue weighted by molar-refractivity contribution is 0.215. The number of fused-ring (bicyclic) bond motifs is 1. The highest BCUT2D eigenvalue weighted by Gasteiger charge is 2.17. The average molecular weight is 445 g/mol. The summed E-state index contributed by atoms with van der Waals surface area (Å²) in [7, 11) is 0. The number of thiophene rings is 1. The number of hydrogen-bond acceptors (Lipinski definition) is 4. The van der Waals surface area contributed by atoms with Gasteiger partial charge in [-0.05, 0) is 46.6 Å². The van der Waals surface area contributed by atoms with E-state index in [1.165, 1.54) is 29.5 Å². The molecular formula is C20H14BrFN2O2S. The zero-order chi connectivity index (χ0) is 19.0. The SMILES string of the molecule is C[C@H](Oc1ccc(F)cc1Br)c1nc2scc(-c3ccccc3)c2c(=O)[nH]1. The van der Waals surface area contributed by atoms with Crippen LogP contribution in [0.4, 0.5) is 4.39 Å². The monoisotopic (exact) mass is 444 g/mol. The maximum absolute atomic E-state index is 13.2. The fraction of sp³-hybridized carbons (Fsp3) is 0.100. The zero-order valence-corrected chi connectivity index (χ0v) is 16.6. The van der Waals surface area contributed by atoms with Gasteiger partial charge in [-0.15, -0.1) is 11.3 Å². The van der Waals surface area contributed by atoms with Crippen molar-refractivity contribution in [3.63, 3.8) is 0 Å². The van der Waals surface area contributed by atoms with E-state index < -0.39 is 6.10 Å². The highest BCUT2D eigenvalue weighted by Crippen LogP contribution is 2.32. The predicted molar refractivity (Wildman–Crippen MR) is 109 cm³/mol. The Morgan fingerprint density at radius 1 is 1.22 bits per heavy atom. The Balaban J connectivity index is 1.70. The van der Waals surface area contributed by atoms with Crippen LogP contribution >= 0.6 is 27.3 Å². The van der Waals surface area contributed by atoms with Crippen LogP contribution in [-0.2, 0) is 0 Å². The van der Waals surface area contributed by atoms with Gasteiger partial charge in [-0.1, -0.05) is 30.3 Å². The van der Waals surface area contributed by atoms with Crippen LogP contribution in [0.15, 0.2) is 63.2 Å². The van der Waals surface area contributed by atoms with Gasteiger partial charge in [0, 0.05) is 10.9 Å². The van der Waals surface area contributed by atoms with E-state index in [1.54, 1.807) is 6.92 Å². The number of nitrogens with zero attached hydrogens (tertiary/aromatic N) is 1. The Morgan fingerprint density at radius 2 is 2.00 bits per heavy atom. The van der Waals surface area contributed by atoms with Crippen LogP contribution in [0.3, 0.4) is 0 Å². The number of hydrogen-bond donors (Lipinski definition) is 1. The van der Waals surface area contributed by atoms with Crippen molar-refractivity contribution in [3.8, 4) is 16.9 Å². The molecule has 0 aliphatic rings. The van der Waals surface area contributed by atoms with Gasteiger partial charge in [-0.3, -0.25) is 4.79 Å². The van der Waals surface area contributed by atoms with E-state index in [-0.39, 0.29) is 11.4 Å². The van der Waals surface area contributed by atoms with Crippen molar-refractivity contribution >= 4 is 37.5 Å². The fourth-order valence-electron chi connectivity index (χ4n) is 2.81. The van der Waals surface area contributed by atoms with Gasteiger partial charge in [0.25, 0.3) is 5.56 Å². The van der Waals surface area contributed by atoms with E-state index in [4.69, 9.17) is 4.74 Å². The van der Waals surface area contributed by atoms with Gasteiger partial charge >= 0.3 is 0 Å². The molecule has 0 bridgehead atoms. The van der Waals surface area contributed by atoms with E-state index in [2.05, 4.69) is 25.9 Å². The molecule has 136 valence electrons. The summed E-state index contributed by atoms with van der Waals surface area (Å²) in [6, 6.07) is 13.9. The van der Waals surface area contributed by atoms with Crippen molar-refractivity contribution in [1.29, 1.82) is 0 Å². The summed E-state index contributed by atoms with van der Waals surface area (Å²) in [6.45, 7) is 1.78. The first-order valence-corrected chi connectivity index (χ1v) is 9.89. The Labute approximate surface area is 166 Å². The molecule has 0 spiro atoms. The highest BCUT2D eigenvalue weighted by molar-refractivity contribution is 9.10. The fourth-order valence-corrected chi connectivity index (χ4v) is 4.20. The van der Waals surface area contributed by atoms with Crippen LogP contribution in [0.2, 0.25) is 0 Å². The van der Waals surface area contributed by atoms with Gasteiger partial charge in [-0.2, -0.15) is 0 Å². The number of aromatic nitrogens is 2. The number of H-pyrrole nitrogens is 1. The van der Waals surface area contributed by atoms with Crippen molar-refractivity contribution in [2.75, 3.05) is 0 Å². The third kappa shape index (κ3) is 3.52. The summed E-state index contributed by atoms with van der Waals surface area (Å²) in [5, 5.41) is 2.51. The minimum absolute atomic E-state index is 0.205. The largest absolute Gasteiger partial charge is 0.482 e. The molecule has 2 heterocycles. The molecule has 0 unspecified atom stereocenters. The molecule has 0 saturated heterocycles. The van der Waals surface area contributed by atoms with E-state index in [0.717, 1.165) is 11.1 Å². The summed E-state index contributed by atoms with van der Waals surface area (Å²) < 4.78 is 19.6. The topological polar surface area (TPSA) is 55.0 Å². The molecule has 4 rings (SSSR count). The van der Waals surface area contributed by atoms with Crippen LogP contribution in [0, 0.1) is 5.82 Å². The van der Waals surface area contributed by atoms with Crippen LogP contribution in [0.5, 0.6) is 5.75 Å². The molecule has 0 saturated carbocycles. The number of rotatable bonds is 4. The van der Waals surface area contributed by atoms with Crippen molar-refractivity contribution < 1.29 is 9.13 Å². The van der Waals surface area contributed by atoms with Gasteiger partial charge in [-0.25, -0.2) is 9.37 Å². The number of nitrogens with one attached hydrogen (secondary N) is 1. The predicted octanol–water partition coefficient (Wildman–Crippen LogP) is 5.69. The summed E-state index contributed by atoms with van der Waals surface area (Å²) in [4.78, 5) is 20.8. The molecule has 0 aliphatic heterocycles. The van der Waals surface area contributed by atoms with Crippen molar-refractivity contribution in [2.45, 2.75) is 13.0 Å². The summed E-state index contributed by atoms with van der Waals surface area (Å²) in [5.41, 5.74) is 1.64. The molecule has 0 fully saturated rings. The average Bonchev–Trinajstić information content (AvgIpc) is 3.09. The number of benzene rings is 2. The molecule has 1 atom stereocenters. The lowest BCUT2D eigenvalue weighted by Gasteiger charge is -2.15. The smallest absolute Gasteiger partial charge is 0.260 e. The molecule has 0 amide bonds. The first kappa shape index (κ1) is 17.9. The number of aromatic amines is 1. The van der Waals surface area contributed by atoms with Gasteiger partial charge in [0.05, 0.1) is 9.86 Å². The number of ether oxygens (including phenoxy) is 1. The minimum atomic E-state index is -0.508. The first-order chi connectivity index (χ1) is 13.0. The Hall–Kier alpha value is -2.51. The lowest BCUT2D eigenvalue weighted by Crippen LogP contribution is -2.16. The second kappa shape index (κ2) is 7.25.